The minimum Gasteiger partial charge on any atom is -0.353 e. The summed E-state index contributed by atoms with van der Waals surface area (Å²) in [5.41, 5.74) is 3.65. The summed E-state index contributed by atoms with van der Waals surface area (Å²) in [4.78, 5) is 26.8. The van der Waals surface area contributed by atoms with E-state index in [9.17, 15) is 9.59 Å². The molecule has 2 aliphatic heterocycles. The van der Waals surface area contributed by atoms with Crippen LogP contribution in [0.1, 0.15) is 36.0 Å². The van der Waals surface area contributed by atoms with Crippen LogP contribution >= 0.6 is 0 Å². The van der Waals surface area contributed by atoms with Gasteiger partial charge in [-0.1, -0.05) is 12.2 Å². The quantitative estimate of drug-likeness (QED) is 0.838. The van der Waals surface area contributed by atoms with Crippen molar-refractivity contribution >= 4 is 23.2 Å². The number of amides is 2. The number of likely N-dealkylation sites (tertiary alicyclic amines) is 1. The average Bonchev–Trinajstić information content (AvgIpc) is 3.06. The van der Waals surface area contributed by atoms with Crippen LogP contribution in [0, 0.1) is 0 Å². The number of allylic oxidation sites excluding steroid dienone is 2. The van der Waals surface area contributed by atoms with Crippen molar-refractivity contribution in [3.8, 4) is 0 Å². The zero-order valence-corrected chi connectivity index (χ0v) is 12.9. The fourth-order valence-corrected chi connectivity index (χ4v) is 3.34. The molecule has 5 heteroatoms. The number of carbonyl (C=O) groups excluding carboxylic acids is 2. The molecule has 1 aromatic carbocycles. The van der Waals surface area contributed by atoms with Gasteiger partial charge in [-0.15, -0.1) is 0 Å². The number of nitrogens with one attached hydrogen (secondary N) is 2. The Morgan fingerprint density at radius 2 is 1.78 bits per heavy atom. The van der Waals surface area contributed by atoms with Gasteiger partial charge in [-0.25, -0.2) is 0 Å². The molecule has 2 N–H and O–H groups in total. The highest BCUT2D eigenvalue weighted by molar-refractivity contribution is 6.11. The van der Waals surface area contributed by atoms with Crippen LogP contribution in [-0.2, 0) is 4.79 Å². The molecule has 0 bridgehead atoms. The first kappa shape index (κ1) is 14.1. The molecule has 0 unspecified atom stereocenters. The standard InChI is InChI=1S/C18H19N3O2/c22-17-13-5-1-2-6-14(13)19-15-8-7-12(11-16(15)20-17)18(23)21-9-3-4-10-21/h5-8,11,19H,1-4,9-10H2,(H,20,22). The van der Waals surface area contributed by atoms with E-state index in [1.54, 1.807) is 6.07 Å². The van der Waals surface area contributed by atoms with Crippen molar-refractivity contribution in [2.24, 2.45) is 0 Å². The second kappa shape index (κ2) is 5.57. The van der Waals surface area contributed by atoms with Gasteiger partial charge in [0.05, 0.1) is 16.9 Å². The number of fused-ring (bicyclic) bond motifs is 2. The molecule has 1 fully saturated rings. The van der Waals surface area contributed by atoms with Gasteiger partial charge in [0.15, 0.2) is 0 Å². The summed E-state index contributed by atoms with van der Waals surface area (Å²) in [7, 11) is 0. The second-order valence-electron chi connectivity index (χ2n) is 6.15. The fourth-order valence-electron chi connectivity index (χ4n) is 3.34. The third-order valence-corrected chi connectivity index (χ3v) is 4.58. The number of nitrogens with zero attached hydrogens (tertiary/aromatic N) is 1. The Morgan fingerprint density at radius 1 is 1.00 bits per heavy atom. The van der Waals surface area contributed by atoms with Gasteiger partial charge in [-0.05, 0) is 43.9 Å². The SMILES string of the molecule is O=C1Nc2cc(C(=O)N3CCCC3)ccc2NC2=CCCC=C12. The van der Waals surface area contributed by atoms with Crippen LogP contribution < -0.4 is 10.6 Å². The first-order valence-electron chi connectivity index (χ1n) is 8.15. The van der Waals surface area contributed by atoms with E-state index in [2.05, 4.69) is 10.6 Å². The van der Waals surface area contributed by atoms with Crippen LogP contribution in [0.2, 0.25) is 0 Å². The van der Waals surface area contributed by atoms with Crippen LogP contribution in [0.3, 0.4) is 0 Å². The van der Waals surface area contributed by atoms with E-state index in [-0.39, 0.29) is 11.8 Å². The number of benzene rings is 1. The highest BCUT2D eigenvalue weighted by Gasteiger charge is 2.25. The summed E-state index contributed by atoms with van der Waals surface area (Å²) in [6, 6.07) is 5.48. The summed E-state index contributed by atoms with van der Waals surface area (Å²) in [5, 5.41) is 6.24. The topological polar surface area (TPSA) is 61.4 Å². The summed E-state index contributed by atoms with van der Waals surface area (Å²) < 4.78 is 0. The first-order chi connectivity index (χ1) is 11.2. The van der Waals surface area contributed by atoms with Gasteiger partial charge >= 0.3 is 0 Å². The Balaban J connectivity index is 1.67. The molecule has 23 heavy (non-hydrogen) atoms. The second-order valence-corrected chi connectivity index (χ2v) is 6.15. The molecular formula is C18H19N3O2. The van der Waals surface area contributed by atoms with Gasteiger partial charge in [0.25, 0.3) is 11.8 Å². The molecule has 2 amide bonds. The molecule has 1 aliphatic carbocycles. The summed E-state index contributed by atoms with van der Waals surface area (Å²) in [5.74, 6) is -0.0763. The lowest BCUT2D eigenvalue weighted by molar-refractivity contribution is -0.112. The third-order valence-electron chi connectivity index (χ3n) is 4.58. The van der Waals surface area contributed by atoms with Gasteiger partial charge in [-0.3, -0.25) is 9.59 Å². The number of hydrogen-bond donors (Lipinski definition) is 2. The van der Waals surface area contributed by atoms with Crippen molar-refractivity contribution < 1.29 is 9.59 Å². The Bertz CT molecular complexity index is 743. The maximum absolute atomic E-state index is 12.5. The molecule has 118 valence electrons. The first-order valence-corrected chi connectivity index (χ1v) is 8.15. The van der Waals surface area contributed by atoms with Gasteiger partial charge in [0.2, 0.25) is 0 Å². The molecule has 5 nitrogen and oxygen atoms in total. The Kier molecular flexibility index (Phi) is 3.41. The molecule has 3 aliphatic rings. The summed E-state index contributed by atoms with van der Waals surface area (Å²) in [6.07, 6.45) is 7.95. The van der Waals surface area contributed by atoms with Crippen molar-refractivity contribution in [1.29, 1.82) is 0 Å². The maximum atomic E-state index is 12.5. The molecule has 1 aromatic rings. The predicted molar refractivity (Wildman–Crippen MR) is 89.2 cm³/mol. The molecular weight excluding hydrogens is 290 g/mol. The zero-order valence-electron chi connectivity index (χ0n) is 12.9. The summed E-state index contributed by atoms with van der Waals surface area (Å²) >= 11 is 0. The maximum Gasteiger partial charge on any atom is 0.257 e. The average molecular weight is 309 g/mol. The lowest BCUT2D eigenvalue weighted by Crippen LogP contribution is -2.27. The van der Waals surface area contributed by atoms with E-state index in [4.69, 9.17) is 0 Å². The Morgan fingerprint density at radius 3 is 2.61 bits per heavy atom. The zero-order chi connectivity index (χ0) is 15.8. The summed E-state index contributed by atoms with van der Waals surface area (Å²) in [6.45, 7) is 1.64. The molecule has 4 rings (SSSR count). The monoisotopic (exact) mass is 309 g/mol. The van der Waals surface area contributed by atoms with Crippen molar-refractivity contribution in [2.75, 3.05) is 23.7 Å². The van der Waals surface area contributed by atoms with Crippen LogP contribution in [0.5, 0.6) is 0 Å². The molecule has 2 heterocycles. The molecule has 0 saturated carbocycles. The minimum atomic E-state index is -0.118. The Labute approximate surface area is 135 Å². The van der Waals surface area contributed by atoms with Crippen molar-refractivity contribution in [1.82, 2.24) is 4.90 Å². The van der Waals surface area contributed by atoms with Crippen LogP contribution in [0.4, 0.5) is 11.4 Å². The number of hydrogen-bond acceptors (Lipinski definition) is 3. The largest absolute Gasteiger partial charge is 0.353 e. The molecule has 0 radical (unpaired) electrons. The lowest BCUT2D eigenvalue weighted by atomic mass is 10.0. The van der Waals surface area contributed by atoms with E-state index in [0.29, 0.717) is 16.8 Å². The van der Waals surface area contributed by atoms with E-state index < -0.39 is 0 Å². The van der Waals surface area contributed by atoms with Gasteiger partial charge in [0, 0.05) is 24.4 Å². The van der Waals surface area contributed by atoms with Crippen LogP contribution in [0.15, 0.2) is 41.6 Å². The molecule has 0 aromatic heterocycles. The number of anilines is 2. The minimum absolute atomic E-state index is 0.0413. The van der Waals surface area contributed by atoms with Crippen LogP contribution in [-0.4, -0.2) is 29.8 Å². The van der Waals surface area contributed by atoms with Crippen molar-refractivity contribution in [3.05, 3.63) is 47.2 Å². The molecule has 0 atom stereocenters. The van der Waals surface area contributed by atoms with Crippen molar-refractivity contribution in [2.45, 2.75) is 25.7 Å². The van der Waals surface area contributed by atoms with Gasteiger partial charge < -0.3 is 15.5 Å². The van der Waals surface area contributed by atoms with E-state index in [1.165, 1.54) is 0 Å². The smallest absolute Gasteiger partial charge is 0.257 e. The van der Waals surface area contributed by atoms with Gasteiger partial charge in [0.1, 0.15) is 0 Å². The van der Waals surface area contributed by atoms with Crippen LogP contribution in [0.25, 0.3) is 0 Å². The van der Waals surface area contributed by atoms with Gasteiger partial charge in [-0.2, -0.15) is 0 Å². The molecule has 1 saturated heterocycles. The lowest BCUT2D eigenvalue weighted by Gasteiger charge is -2.17. The normalized spacial score (nSPS) is 19.7. The molecule has 0 spiro atoms. The predicted octanol–water partition coefficient (Wildman–Crippen LogP) is 2.89. The van der Waals surface area contributed by atoms with E-state index in [1.807, 2.05) is 29.2 Å². The van der Waals surface area contributed by atoms with E-state index in [0.717, 1.165) is 50.2 Å². The highest BCUT2D eigenvalue weighted by atomic mass is 16.2. The van der Waals surface area contributed by atoms with E-state index >= 15 is 0 Å². The number of carbonyl (C=O) groups is 2. The number of rotatable bonds is 1. The Hall–Kier alpha value is -2.56. The third kappa shape index (κ3) is 2.52. The fraction of sp³-hybridized carbons (Fsp3) is 0.333. The van der Waals surface area contributed by atoms with Crippen molar-refractivity contribution in [3.63, 3.8) is 0 Å². The highest BCUT2D eigenvalue weighted by Crippen LogP contribution is 2.32.